The van der Waals surface area contributed by atoms with Gasteiger partial charge in [0.25, 0.3) is 0 Å². The van der Waals surface area contributed by atoms with Crippen LogP contribution in [-0.4, -0.2) is 100 Å². The molecule has 0 aromatic carbocycles. The highest BCUT2D eigenvalue weighted by atomic mass is 16.7. The average Bonchev–Trinajstić information content (AvgIpc) is 3.36. The number of carbonyl (C=O) groups excluding carboxylic acids is 2. The number of hydrogen-bond donors (Lipinski definition) is 6. The van der Waals surface area contributed by atoms with Crippen molar-refractivity contribution < 1.29 is 49.3 Å². The minimum atomic E-state index is -1.58. The zero-order valence-electron chi connectivity index (χ0n) is 44.7. The summed E-state index contributed by atoms with van der Waals surface area (Å²) in [5.74, 6) is -0.242. The summed E-state index contributed by atoms with van der Waals surface area (Å²) < 4.78 is 16.6. The highest BCUT2D eigenvalue weighted by Gasteiger charge is 2.44. The van der Waals surface area contributed by atoms with E-state index in [0.717, 1.165) is 96.3 Å². The second-order valence-electron chi connectivity index (χ2n) is 20.0. The number of allylic oxidation sites excluding steroid dienone is 7. The van der Waals surface area contributed by atoms with Gasteiger partial charge in [0.1, 0.15) is 24.4 Å². The maximum atomic E-state index is 13.0. The van der Waals surface area contributed by atoms with E-state index in [1.165, 1.54) is 128 Å². The molecule has 70 heavy (non-hydrogen) atoms. The normalized spacial score (nSPS) is 19.6. The Morgan fingerprint density at radius 1 is 0.529 bits per heavy atom. The van der Waals surface area contributed by atoms with Gasteiger partial charge in [-0.1, -0.05) is 191 Å². The molecule has 0 aromatic rings. The molecule has 0 aliphatic carbocycles. The second kappa shape index (κ2) is 48.9. The van der Waals surface area contributed by atoms with E-state index in [1.807, 2.05) is 6.08 Å². The molecular formula is C59H107NO10. The molecule has 408 valence electrons. The monoisotopic (exact) mass is 990 g/mol. The fourth-order valence-electron chi connectivity index (χ4n) is 8.75. The number of carbonyl (C=O) groups is 2. The van der Waals surface area contributed by atoms with Gasteiger partial charge in [0.15, 0.2) is 6.29 Å². The van der Waals surface area contributed by atoms with Crippen molar-refractivity contribution in [2.24, 2.45) is 0 Å². The molecule has 1 fully saturated rings. The lowest BCUT2D eigenvalue weighted by Gasteiger charge is -2.40. The van der Waals surface area contributed by atoms with E-state index in [-0.39, 0.29) is 18.5 Å². The third-order valence-corrected chi connectivity index (χ3v) is 13.4. The average molecular weight is 991 g/mol. The first kappa shape index (κ1) is 65.6. The SMILES string of the molecule is CCCCCCCCC/C=C\CCCCCCCC(=O)OCCCCC/C=C\C/C=C\CCCCCCCCCC(=O)NC(COC1OC(CO)C(O)C(O)C1O)C(O)/C=C/CCCCCCCCC. The topological polar surface area (TPSA) is 175 Å². The van der Waals surface area contributed by atoms with E-state index in [0.29, 0.717) is 19.4 Å². The van der Waals surface area contributed by atoms with Crippen LogP contribution in [0.2, 0.25) is 0 Å². The Morgan fingerprint density at radius 2 is 0.957 bits per heavy atom. The minimum Gasteiger partial charge on any atom is -0.466 e. The molecule has 1 amide bonds. The number of hydrogen-bond acceptors (Lipinski definition) is 10. The summed E-state index contributed by atoms with van der Waals surface area (Å²) >= 11 is 0. The molecule has 0 aromatic heterocycles. The predicted octanol–water partition coefficient (Wildman–Crippen LogP) is 12.9. The summed E-state index contributed by atoms with van der Waals surface area (Å²) in [6.45, 7) is 4.24. The lowest BCUT2D eigenvalue weighted by Crippen LogP contribution is -2.60. The Labute approximate surface area is 427 Å². The van der Waals surface area contributed by atoms with Crippen LogP contribution >= 0.6 is 0 Å². The highest BCUT2D eigenvalue weighted by molar-refractivity contribution is 5.76. The number of esters is 1. The van der Waals surface area contributed by atoms with Gasteiger partial charge in [-0.3, -0.25) is 9.59 Å². The first-order valence-electron chi connectivity index (χ1n) is 28.9. The van der Waals surface area contributed by atoms with Gasteiger partial charge < -0.3 is 45.1 Å². The summed E-state index contributed by atoms with van der Waals surface area (Å²) in [4.78, 5) is 25.0. The third kappa shape index (κ3) is 38.3. The molecule has 7 unspecified atom stereocenters. The Hall–Kier alpha value is -2.38. The molecule has 0 saturated carbocycles. The van der Waals surface area contributed by atoms with Gasteiger partial charge in [-0.2, -0.15) is 0 Å². The van der Waals surface area contributed by atoms with Crippen molar-refractivity contribution in [2.75, 3.05) is 19.8 Å². The molecular weight excluding hydrogens is 883 g/mol. The number of unbranched alkanes of at least 4 members (excludes halogenated alkanes) is 29. The van der Waals surface area contributed by atoms with E-state index >= 15 is 0 Å². The van der Waals surface area contributed by atoms with Crippen molar-refractivity contribution in [1.82, 2.24) is 5.32 Å². The maximum Gasteiger partial charge on any atom is 0.305 e. The molecule has 0 bridgehead atoms. The number of amides is 1. The number of nitrogens with one attached hydrogen (secondary N) is 1. The van der Waals surface area contributed by atoms with Crippen molar-refractivity contribution in [3.8, 4) is 0 Å². The number of ether oxygens (including phenoxy) is 3. The summed E-state index contributed by atoms with van der Waals surface area (Å²) in [6, 6.07) is -0.821. The minimum absolute atomic E-state index is 0.0405. The highest BCUT2D eigenvalue weighted by Crippen LogP contribution is 2.23. The number of aliphatic hydroxyl groups is 5. The van der Waals surface area contributed by atoms with Crippen molar-refractivity contribution in [1.29, 1.82) is 0 Å². The third-order valence-electron chi connectivity index (χ3n) is 13.4. The maximum absolute atomic E-state index is 13.0. The van der Waals surface area contributed by atoms with Crippen LogP contribution < -0.4 is 5.32 Å². The van der Waals surface area contributed by atoms with Gasteiger partial charge in [0.2, 0.25) is 5.91 Å². The summed E-state index contributed by atoms with van der Waals surface area (Å²) in [5, 5.41) is 54.1. The summed E-state index contributed by atoms with van der Waals surface area (Å²) in [6.07, 6.45) is 50.7. The van der Waals surface area contributed by atoms with Crippen LogP contribution in [0.1, 0.15) is 251 Å². The van der Waals surface area contributed by atoms with Crippen LogP contribution in [0.3, 0.4) is 0 Å². The molecule has 6 N–H and O–H groups in total. The van der Waals surface area contributed by atoms with Crippen LogP contribution in [0, 0.1) is 0 Å². The van der Waals surface area contributed by atoms with Gasteiger partial charge in [0.05, 0.1) is 32.0 Å². The lowest BCUT2D eigenvalue weighted by atomic mass is 9.99. The standard InChI is InChI=1S/C59H107NO10/c1-3-5-7-9-11-13-14-15-16-21-24-27-31-35-39-43-47-55(64)68-48-44-40-36-32-28-25-22-19-17-18-20-23-26-30-34-38-42-46-54(63)60-51(52(62)45-41-37-33-29-12-10-8-6-4-2)50-69-59-58(67)57(66)56(65)53(49-61)70-59/h16-17,19,21,25,28,41,45,51-53,56-59,61-62,65-67H,3-15,18,20,22-24,26-27,29-40,42-44,46-50H2,1-2H3,(H,60,63)/b19-17-,21-16-,28-25-,45-41+. The Bertz CT molecular complexity index is 1300. The van der Waals surface area contributed by atoms with Crippen LogP contribution in [0.5, 0.6) is 0 Å². The van der Waals surface area contributed by atoms with Crippen molar-refractivity contribution in [3.63, 3.8) is 0 Å². The molecule has 11 nitrogen and oxygen atoms in total. The fourth-order valence-corrected chi connectivity index (χ4v) is 8.75. The first-order valence-corrected chi connectivity index (χ1v) is 28.9. The van der Waals surface area contributed by atoms with E-state index < -0.39 is 49.5 Å². The molecule has 1 heterocycles. The van der Waals surface area contributed by atoms with Gasteiger partial charge in [-0.25, -0.2) is 0 Å². The fraction of sp³-hybridized carbons (Fsp3) is 0.831. The lowest BCUT2D eigenvalue weighted by molar-refractivity contribution is -0.302. The largest absolute Gasteiger partial charge is 0.466 e. The van der Waals surface area contributed by atoms with Gasteiger partial charge >= 0.3 is 5.97 Å². The van der Waals surface area contributed by atoms with E-state index in [2.05, 4.69) is 55.6 Å². The zero-order chi connectivity index (χ0) is 51.0. The smallest absolute Gasteiger partial charge is 0.305 e. The van der Waals surface area contributed by atoms with Crippen molar-refractivity contribution in [3.05, 3.63) is 48.6 Å². The molecule has 1 saturated heterocycles. The number of rotatable bonds is 49. The molecule has 0 radical (unpaired) electrons. The van der Waals surface area contributed by atoms with Gasteiger partial charge in [-0.15, -0.1) is 0 Å². The van der Waals surface area contributed by atoms with Crippen LogP contribution in [0.4, 0.5) is 0 Å². The molecule has 1 rings (SSSR count). The second-order valence-corrected chi connectivity index (χ2v) is 20.0. The van der Waals surface area contributed by atoms with Crippen LogP contribution in [-0.2, 0) is 23.8 Å². The molecule has 11 heteroatoms. The Kier molecular flexibility index (Phi) is 45.8. The van der Waals surface area contributed by atoms with Gasteiger partial charge in [0, 0.05) is 12.8 Å². The molecule has 0 spiro atoms. The predicted molar refractivity (Wildman–Crippen MR) is 287 cm³/mol. The first-order chi connectivity index (χ1) is 34.2. The van der Waals surface area contributed by atoms with Crippen molar-refractivity contribution >= 4 is 11.9 Å². The molecule has 1 aliphatic rings. The van der Waals surface area contributed by atoms with Crippen LogP contribution in [0.25, 0.3) is 0 Å². The number of aliphatic hydroxyl groups excluding tert-OH is 5. The van der Waals surface area contributed by atoms with Gasteiger partial charge in [-0.05, 0) is 96.3 Å². The Morgan fingerprint density at radius 3 is 1.46 bits per heavy atom. The summed E-state index contributed by atoms with van der Waals surface area (Å²) in [7, 11) is 0. The van der Waals surface area contributed by atoms with E-state index in [9.17, 15) is 35.1 Å². The van der Waals surface area contributed by atoms with E-state index in [4.69, 9.17) is 14.2 Å². The Balaban J connectivity index is 2.08. The zero-order valence-corrected chi connectivity index (χ0v) is 44.7. The molecule has 1 aliphatic heterocycles. The van der Waals surface area contributed by atoms with Crippen molar-refractivity contribution in [2.45, 2.75) is 294 Å². The summed E-state index contributed by atoms with van der Waals surface area (Å²) in [5.41, 5.74) is 0. The quantitative estimate of drug-likeness (QED) is 0.0196. The van der Waals surface area contributed by atoms with Crippen LogP contribution in [0.15, 0.2) is 48.6 Å². The van der Waals surface area contributed by atoms with E-state index in [1.54, 1.807) is 6.08 Å². The molecule has 7 atom stereocenters.